The lowest BCUT2D eigenvalue weighted by Crippen LogP contribution is -2.46. The standard InChI is InChI=1S/C22H28FN3O7/c1-4-28-10-14-11-31-22(27)26(14)20-16-7-15(21-29-5-6-30-21)18(17(23)19(16)33-24-20)25-8-12(2)32-13(3)9-25/h7,12-14,21H,4-6,8-11H2,1-3H3/t12-,13-,14+/m1/s1. The number of benzene rings is 1. The molecule has 11 heteroatoms. The summed E-state index contributed by atoms with van der Waals surface area (Å²) >= 11 is 0. The number of nitrogens with zero attached hydrogens (tertiary/aromatic N) is 3. The van der Waals surface area contributed by atoms with Gasteiger partial charge in [-0.05, 0) is 26.8 Å². The minimum atomic E-state index is -0.736. The smallest absolute Gasteiger partial charge is 0.416 e. The van der Waals surface area contributed by atoms with Gasteiger partial charge in [0, 0.05) is 25.3 Å². The molecule has 3 saturated heterocycles. The largest absolute Gasteiger partial charge is 0.447 e. The molecule has 0 bridgehead atoms. The first-order chi connectivity index (χ1) is 16.0. The maximum Gasteiger partial charge on any atom is 0.416 e. The van der Waals surface area contributed by atoms with E-state index >= 15 is 4.39 Å². The van der Waals surface area contributed by atoms with E-state index in [1.165, 1.54) is 4.90 Å². The zero-order chi connectivity index (χ0) is 23.1. The van der Waals surface area contributed by atoms with E-state index in [-0.39, 0.29) is 36.8 Å². The summed E-state index contributed by atoms with van der Waals surface area (Å²) in [4.78, 5) is 15.8. The molecule has 2 aromatic rings. The first kappa shape index (κ1) is 22.3. The van der Waals surface area contributed by atoms with Crippen LogP contribution in [0.4, 0.5) is 20.7 Å². The van der Waals surface area contributed by atoms with Gasteiger partial charge in [-0.3, -0.25) is 0 Å². The van der Waals surface area contributed by atoms with Crippen LogP contribution in [0.1, 0.15) is 32.6 Å². The van der Waals surface area contributed by atoms with E-state index in [1.807, 2.05) is 25.7 Å². The summed E-state index contributed by atoms with van der Waals surface area (Å²) in [6.07, 6.45) is -1.47. The Morgan fingerprint density at radius 1 is 1.21 bits per heavy atom. The summed E-state index contributed by atoms with van der Waals surface area (Å²) < 4.78 is 49.5. The molecule has 1 aromatic heterocycles. The number of carbonyl (C=O) groups is 1. The Balaban J connectivity index is 1.62. The quantitative estimate of drug-likeness (QED) is 0.638. The van der Waals surface area contributed by atoms with Crippen LogP contribution in [0.15, 0.2) is 10.6 Å². The zero-order valence-corrected chi connectivity index (χ0v) is 18.9. The number of halogens is 1. The number of ether oxygens (including phenoxy) is 5. The van der Waals surface area contributed by atoms with E-state index in [9.17, 15) is 4.79 Å². The molecule has 0 spiro atoms. The Morgan fingerprint density at radius 2 is 1.94 bits per heavy atom. The number of cyclic esters (lactones) is 1. The minimum absolute atomic E-state index is 0.0385. The molecule has 0 aliphatic carbocycles. The highest BCUT2D eigenvalue weighted by atomic mass is 19.1. The molecule has 4 heterocycles. The van der Waals surface area contributed by atoms with Gasteiger partial charge in [-0.15, -0.1) is 0 Å². The van der Waals surface area contributed by atoms with Crippen molar-refractivity contribution in [2.75, 3.05) is 55.9 Å². The number of aromatic nitrogens is 1. The second-order valence-electron chi connectivity index (χ2n) is 8.51. The van der Waals surface area contributed by atoms with Crippen molar-refractivity contribution in [3.8, 4) is 0 Å². The number of morpholine rings is 1. The number of hydrogen-bond acceptors (Lipinski definition) is 9. The second kappa shape index (κ2) is 9.05. The summed E-state index contributed by atoms with van der Waals surface area (Å²) in [6, 6.07) is 1.35. The topological polar surface area (TPSA) is 95.7 Å². The summed E-state index contributed by atoms with van der Waals surface area (Å²) in [5, 5.41) is 4.41. The van der Waals surface area contributed by atoms with Crippen LogP contribution >= 0.6 is 0 Å². The molecule has 0 radical (unpaired) electrons. The Kier molecular flexibility index (Phi) is 6.12. The lowest BCUT2D eigenvalue weighted by atomic mass is 10.0. The molecular formula is C22H28FN3O7. The van der Waals surface area contributed by atoms with Crippen molar-refractivity contribution in [1.29, 1.82) is 0 Å². The minimum Gasteiger partial charge on any atom is -0.447 e. The number of fused-ring (bicyclic) bond motifs is 1. The highest BCUT2D eigenvalue weighted by molar-refractivity contribution is 6.01. The molecule has 1 aromatic carbocycles. The molecule has 3 fully saturated rings. The van der Waals surface area contributed by atoms with Gasteiger partial charge in [-0.1, -0.05) is 5.16 Å². The summed E-state index contributed by atoms with van der Waals surface area (Å²) in [5.74, 6) is -0.388. The van der Waals surface area contributed by atoms with E-state index < -0.39 is 24.2 Å². The average molecular weight is 465 g/mol. The third kappa shape index (κ3) is 4.03. The Morgan fingerprint density at radius 3 is 2.64 bits per heavy atom. The molecule has 10 nitrogen and oxygen atoms in total. The molecule has 0 N–H and O–H groups in total. The van der Waals surface area contributed by atoms with E-state index in [1.54, 1.807) is 6.07 Å². The van der Waals surface area contributed by atoms with Crippen LogP contribution < -0.4 is 9.80 Å². The third-order valence-corrected chi connectivity index (χ3v) is 6.00. The highest BCUT2D eigenvalue weighted by Gasteiger charge is 2.40. The van der Waals surface area contributed by atoms with Crippen LogP contribution in [-0.2, 0) is 23.7 Å². The van der Waals surface area contributed by atoms with Crippen molar-refractivity contribution in [3.63, 3.8) is 0 Å². The van der Waals surface area contributed by atoms with Gasteiger partial charge in [-0.25, -0.2) is 14.1 Å². The van der Waals surface area contributed by atoms with Crippen LogP contribution in [-0.4, -0.2) is 75.6 Å². The van der Waals surface area contributed by atoms with Crippen LogP contribution in [0.5, 0.6) is 0 Å². The fourth-order valence-corrected chi connectivity index (χ4v) is 4.71. The van der Waals surface area contributed by atoms with Crippen molar-refractivity contribution in [2.45, 2.75) is 45.3 Å². The zero-order valence-electron chi connectivity index (χ0n) is 18.9. The molecule has 180 valence electrons. The van der Waals surface area contributed by atoms with Gasteiger partial charge in [0.25, 0.3) is 0 Å². The Hall–Kier alpha value is -2.47. The monoisotopic (exact) mass is 465 g/mol. The molecule has 3 aliphatic rings. The fourth-order valence-electron chi connectivity index (χ4n) is 4.71. The van der Waals surface area contributed by atoms with Crippen LogP contribution in [0.3, 0.4) is 0 Å². The van der Waals surface area contributed by atoms with E-state index in [0.29, 0.717) is 49.5 Å². The molecule has 0 saturated carbocycles. The molecule has 1 amide bonds. The van der Waals surface area contributed by atoms with Gasteiger partial charge < -0.3 is 33.1 Å². The van der Waals surface area contributed by atoms with E-state index in [2.05, 4.69) is 5.16 Å². The molecule has 0 unspecified atom stereocenters. The predicted molar refractivity (Wildman–Crippen MR) is 115 cm³/mol. The van der Waals surface area contributed by atoms with Gasteiger partial charge in [0.05, 0.1) is 49.1 Å². The second-order valence-corrected chi connectivity index (χ2v) is 8.51. The first-order valence-corrected chi connectivity index (χ1v) is 11.3. The molecule has 3 aliphatic heterocycles. The van der Waals surface area contributed by atoms with Crippen LogP contribution in [0.2, 0.25) is 0 Å². The third-order valence-electron chi connectivity index (χ3n) is 6.00. The van der Waals surface area contributed by atoms with Gasteiger partial charge in [-0.2, -0.15) is 0 Å². The maximum absolute atomic E-state index is 16.0. The van der Waals surface area contributed by atoms with Crippen molar-refractivity contribution in [3.05, 3.63) is 17.4 Å². The Labute approximate surface area is 190 Å². The van der Waals surface area contributed by atoms with Crippen molar-refractivity contribution in [2.24, 2.45) is 0 Å². The number of hydrogen-bond donors (Lipinski definition) is 0. The lowest BCUT2D eigenvalue weighted by molar-refractivity contribution is -0.0445. The first-order valence-electron chi connectivity index (χ1n) is 11.3. The molecular weight excluding hydrogens is 437 g/mol. The lowest BCUT2D eigenvalue weighted by Gasteiger charge is -2.38. The normalized spacial score (nSPS) is 26.5. The predicted octanol–water partition coefficient (Wildman–Crippen LogP) is 2.99. The number of anilines is 2. The van der Waals surface area contributed by atoms with Gasteiger partial charge in [0.2, 0.25) is 5.58 Å². The van der Waals surface area contributed by atoms with Gasteiger partial charge in [0.1, 0.15) is 6.61 Å². The van der Waals surface area contributed by atoms with Crippen LogP contribution in [0.25, 0.3) is 11.0 Å². The number of carbonyl (C=O) groups excluding carboxylic acids is 1. The fraction of sp³-hybridized carbons (Fsp3) is 0.636. The SMILES string of the molecule is CCOC[C@H]1COC(=O)N1c1noc2c(F)c(N3C[C@@H](C)O[C@H](C)C3)c(C3OCCO3)cc12. The van der Waals surface area contributed by atoms with Crippen molar-refractivity contribution in [1.82, 2.24) is 5.16 Å². The Bertz CT molecular complexity index is 1020. The molecule has 5 rings (SSSR count). The summed E-state index contributed by atoms with van der Waals surface area (Å²) in [5.41, 5.74) is 0.828. The molecule has 3 atom stereocenters. The van der Waals surface area contributed by atoms with Crippen molar-refractivity contribution < 1.29 is 37.4 Å². The number of amides is 1. The van der Waals surface area contributed by atoms with E-state index in [4.69, 9.17) is 28.2 Å². The molecule has 33 heavy (non-hydrogen) atoms. The number of rotatable bonds is 6. The van der Waals surface area contributed by atoms with Crippen LogP contribution in [0, 0.1) is 5.82 Å². The average Bonchev–Trinajstić information content (AvgIpc) is 3.51. The maximum atomic E-state index is 16.0. The van der Waals surface area contributed by atoms with Crippen molar-refractivity contribution >= 4 is 28.6 Å². The highest BCUT2D eigenvalue weighted by Crippen LogP contribution is 2.42. The van der Waals surface area contributed by atoms with Gasteiger partial charge >= 0.3 is 6.09 Å². The van der Waals surface area contributed by atoms with Gasteiger partial charge in [0.15, 0.2) is 17.9 Å². The summed E-state index contributed by atoms with van der Waals surface area (Å²) in [6.45, 7) is 8.50. The van der Waals surface area contributed by atoms with E-state index in [0.717, 1.165) is 0 Å². The summed E-state index contributed by atoms with van der Waals surface area (Å²) in [7, 11) is 0.